The average molecular weight is 248 g/mol. The zero-order valence-electron chi connectivity index (χ0n) is 9.94. The van der Waals surface area contributed by atoms with Gasteiger partial charge in [-0.3, -0.25) is 4.57 Å². The summed E-state index contributed by atoms with van der Waals surface area (Å²) in [5.74, 6) is 0.894. The third-order valence-corrected chi connectivity index (χ3v) is 2.61. The summed E-state index contributed by atoms with van der Waals surface area (Å²) >= 11 is 5.97. The summed E-state index contributed by atoms with van der Waals surface area (Å²) in [5, 5.41) is 8.31. The number of halogens is 1. The quantitative estimate of drug-likeness (QED) is 0.734. The molecule has 1 rings (SSSR count). The van der Waals surface area contributed by atoms with Gasteiger partial charge >= 0.3 is 0 Å². The molecule has 0 fully saturated rings. The molecule has 1 aromatic rings. The number of ether oxygens (including phenoxy) is 2. The molecular formula is C10H18ClN3O2. The summed E-state index contributed by atoms with van der Waals surface area (Å²) in [6.07, 6.45) is 1.84. The minimum atomic E-state index is -0.0332. The molecule has 1 atom stereocenters. The normalized spacial score (nSPS) is 13.0. The first kappa shape index (κ1) is 13.4. The van der Waals surface area contributed by atoms with Gasteiger partial charge in [0.1, 0.15) is 5.82 Å². The number of aryl methyl sites for hydroxylation is 1. The topological polar surface area (TPSA) is 49.2 Å². The predicted molar refractivity (Wildman–Crippen MR) is 61.7 cm³/mol. The first-order valence-corrected chi connectivity index (χ1v) is 5.70. The van der Waals surface area contributed by atoms with Gasteiger partial charge in [0, 0.05) is 20.6 Å². The smallest absolute Gasteiger partial charge is 0.225 e. The average Bonchev–Trinajstić information content (AvgIpc) is 2.61. The van der Waals surface area contributed by atoms with Gasteiger partial charge in [-0.15, -0.1) is 10.2 Å². The number of nitrogens with zero attached hydrogens (tertiary/aromatic N) is 3. The molecule has 0 bridgehead atoms. The van der Waals surface area contributed by atoms with Crippen LogP contribution >= 0.6 is 11.6 Å². The van der Waals surface area contributed by atoms with Crippen molar-refractivity contribution in [2.75, 3.05) is 20.8 Å². The second-order valence-corrected chi connectivity index (χ2v) is 3.90. The van der Waals surface area contributed by atoms with Crippen molar-refractivity contribution in [1.82, 2.24) is 14.8 Å². The lowest BCUT2D eigenvalue weighted by Gasteiger charge is -2.16. The second kappa shape index (κ2) is 6.83. The first-order valence-electron chi connectivity index (χ1n) is 5.32. The van der Waals surface area contributed by atoms with Gasteiger partial charge in [-0.1, -0.05) is 6.92 Å². The van der Waals surface area contributed by atoms with Crippen molar-refractivity contribution >= 4 is 11.6 Å². The van der Waals surface area contributed by atoms with Gasteiger partial charge in [0.25, 0.3) is 0 Å². The molecule has 0 radical (unpaired) electrons. The van der Waals surface area contributed by atoms with Gasteiger partial charge in [-0.2, -0.15) is 0 Å². The third-order valence-electron chi connectivity index (χ3n) is 2.33. The van der Waals surface area contributed by atoms with Crippen molar-refractivity contribution < 1.29 is 9.47 Å². The van der Waals surface area contributed by atoms with Crippen molar-refractivity contribution in [1.29, 1.82) is 0 Å². The second-order valence-electron chi connectivity index (χ2n) is 3.56. The van der Waals surface area contributed by atoms with Crippen LogP contribution in [0.2, 0.25) is 5.28 Å². The van der Waals surface area contributed by atoms with E-state index in [2.05, 4.69) is 17.1 Å². The molecule has 5 nitrogen and oxygen atoms in total. The fraction of sp³-hybridized carbons (Fsp3) is 0.800. The van der Waals surface area contributed by atoms with E-state index in [9.17, 15) is 0 Å². The van der Waals surface area contributed by atoms with Gasteiger partial charge in [-0.05, 0) is 18.0 Å². The number of hydrogen-bond acceptors (Lipinski definition) is 4. The molecule has 0 aliphatic rings. The summed E-state index contributed by atoms with van der Waals surface area (Å²) < 4.78 is 12.2. The van der Waals surface area contributed by atoms with Gasteiger partial charge in [0.15, 0.2) is 0 Å². The Kier molecular flexibility index (Phi) is 5.73. The van der Waals surface area contributed by atoms with Crippen molar-refractivity contribution in [2.24, 2.45) is 0 Å². The Labute approximate surface area is 101 Å². The maximum Gasteiger partial charge on any atom is 0.225 e. The molecule has 16 heavy (non-hydrogen) atoms. The molecule has 0 N–H and O–H groups in total. The maximum absolute atomic E-state index is 5.97. The minimum absolute atomic E-state index is 0.0332. The fourth-order valence-corrected chi connectivity index (χ4v) is 1.69. The van der Waals surface area contributed by atoms with Crippen LogP contribution in [0.3, 0.4) is 0 Å². The van der Waals surface area contributed by atoms with E-state index >= 15 is 0 Å². The molecule has 0 aliphatic carbocycles. The van der Waals surface area contributed by atoms with Crippen LogP contribution in [0.4, 0.5) is 0 Å². The van der Waals surface area contributed by atoms with E-state index in [0.717, 1.165) is 18.7 Å². The highest BCUT2D eigenvalue weighted by molar-refractivity contribution is 6.28. The number of methoxy groups -OCH3 is 2. The van der Waals surface area contributed by atoms with E-state index in [1.165, 1.54) is 0 Å². The molecule has 0 spiro atoms. The van der Waals surface area contributed by atoms with Gasteiger partial charge < -0.3 is 9.47 Å². The molecule has 1 unspecified atom stereocenters. The Morgan fingerprint density at radius 2 is 2.12 bits per heavy atom. The lowest BCUT2D eigenvalue weighted by Crippen LogP contribution is -2.25. The molecule has 92 valence electrons. The molecule has 0 amide bonds. The summed E-state index contributed by atoms with van der Waals surface area (Å²) in [6.45, 7) is 3.23. The number of hydrogen-bond donors (Lipinski definition) is 0. The van der Waals surface area contributed by atoms with E-state index in [-0.39, 0.29) is 6.10 Å². The SMILES string of the molecule is CCCc1nnc(Cl)n1CC(COC)OC. The Balaban J connectivity index is 2.73. The standard InChI is InChI=1S/C10H18ClN3O2/c1-4-5-9-12-13-10(11)14(9)6-8(16-3)7-15-2/h8H,4-7H2,1-3H3. The van der Waals surface area contributed by atoms with Crippen LogP contribution in [0.25, 0.3) is 0 Å². The highest BCUT2D eigenvalue weighted by atomic mass is 35.5. The van der Waals surface area contributed by atoms with Gasteiger partial charge in [-0.25, -0.2) is 0 Å². The first-order chi connectivity index (χ1) is 7.72. The number of rotatable bonds is 7. The van der Waals surface area contributed by atoms with Gasteiger partial charge in [0.05, 0.1) is 19.3 Å². The predicted octanol–water partition coefficient (Wildman–Crippen LogP) is 1.55. The van der Waals surface area contributed by atoms with E-state index in [0.29, 0.717) is 18.4 Å². The number of aromatic nitrogens is 3. The molecule has 1 aromatic heterocycles. The van der Waals surface area contributed by atoms with Crippen LogP contribution < -0.4 is 0 Å². The van der Waals surface area contributed by atoms with Crippen LogP contribution in [-0.2, 0) is 22.4 Å². The van der Waals surface area contributed by atoms with Gasteiger partial charge in [0.2, 0.25) is 5.28 Å². The zero-order chi connectivity index (χ0) is 12.0. The molecule has 0 saturated carbocycles. The van der Waals surface area contributed by atoms with Crippen molar-refractivity contribution in [3.63, 3.8) is 0 Å². The van der Waals surface area contributed by atoms with Crippen LogP contribution in [0, 0.1) is 0 Å². The van der Waals surface area contributed by atoms with Crippen LogP contribution in [0.1, 0.15) is 19.2 Å². The van der Waals surface area contributed by atoms with Crippen LogP contribution in [-0.4, -0.2) is 41.7 Å². The molecule has 1 heterocycles. The Hall–Kier alpha value is -0.650. The molecule has 0 aromatic carbocycles. The monoisotopic (exact) mass is 247 g/mol. The summed E-state index contributed by atoms with van der Waals surface area (Å²) in [4.78, 5) is 0. The van der Waals surface area contributed by atoms with E-state index in [1.54, 1.807) is 14.2 Å². The highest BCUT2D eigenvalue weighted by Crippen LogP contribution is 2.12. The lowest BCUT2D eigenvalue weighted by molar-refractivity contribution is 0.0179. The molecule has 6 heteroatoms. The molecule has 0 aliphatic heterocycles. The highest BCUT2D eigenvalue weighted by Gasteiger charge is 2.15. The molecular weight excluding hydrogens is 230 g/mol. The summed E-state index contributed by atoms with van der Waals surface area (Å²) in [6, 6.07) is 0. The summed E-state index contributed by atoms with van der Waals surface area (Å²) in [5.41, 5.74) is 0. The minimum Gasteiger partial charge on any atom is -0.382 e. The lowest BCUT2D eigenvalue weighted by atomic mass is 10.3. The Morgan fingerprint density at radius 1 is 1.38 bits per heavy atom. The van der Waals surface area contributed by atoms with E-state index in [4.69, 9.17) is 21.1 Å². The van der Waals surface area contributed by atoms with Crippen molar-refractivity contribution in [3.8, 4) is 0 Å². The van der Waals surface area contributed by atoms with Crippen LogP contribution in [0.15, 0.2) is 0 Å². The van der Waals surface area contributed by atoms with E-state index < -0.39 is 0 Å². The van der Waals surface area contributed by atoms with Crippen molar-refractivity contribution in [3.05, 3.63) is 11.1 Å². The zero-order valence-corrected chi connectivity index (χ0v) is 10.7. The fourth-order valence-electron chi connectivity index (χ4n) is 1.49. The maximum atomic E-state index is 5.97. The van der Waals surface area contributed by atoms with Crippen molar-refractivity contribution in [2.45, 2.75) is 32.4 Å². The summed E-state index contributed by atoms with van der Waals surface area (Å²) in [7, 11) is 3.30. The largest absolute Gasteiger partial charge is 0.382 e. The molecule has 0 saturated heterocycles. The third kappa shape index (κ3) is 3.43. The Bertz CT molecular complexity index is 317. The Morgan fingerprint density at radius 3 is 2.69 bits per heavy atom. The van der Waals surface area contributed by atoms with E-state index in [1.807, 2.05) is 4.57 Å². The van der Waals surface area contributed by atoms with Crippen LogP contribution in [0.5, 0.6) is 0 Å².